The molecule has 0 atom stereocenters. The first kappa shape index (κ1) is 8.68. The minimum Gasteiger partial charge on any atom is -0.381 e. The highest BCUT2D eigenvalue weighted by molar-refractivity contribution is 7.80. The molecule has 4 nitrogen and oxygen atoms in total. The number of anilines is 2. The van der Waals surface area contributed by atoms with Gasteiger partial charge < -0.3 is 11.5 Å². The van der Waals surface area contributed by atoms with Gasteiger partial charge in [0.2, 0.25) is 0 Å². The lowest BCUT2D eigenvalue weighted by Crippen LogP contribution is -2.01. The predicted molar refractivity (Wildman–Crippen MR) is 51.6 cm³/mol. The first-order valence-electron chi connectivity index (χ1n) is 3.21. The van der Waals surface area contributed by atoms with Crippen molar-refractivity contribution in [3.63, 3.8) is 0 Å². The molecule has 0 aliphatic carbocycles. The van der Waals surface area contributed by atoms with Crippen molar-refractivity contribution in [2.24, 2.45) is 0 Å². The Morgan fingerprint density at radius 2 is 2.17 bits per heavy atom. The van der Waals surface area contributed by atoms with Gasteiger partial charge in [-0.2, -0.15) is 12.6 Å². The Bertz CT molecular complexity index is 339. The van der Waals surface area contributed by atoms with Gasteiger partial charge in [-0.3, -0.25) is 0 Å². The van der Waals surface area contributed by atoms with E-state index in [1.54, 1.807) is 0 Å². The standard InChI is InChI=1S/C7H8N4S/c8-6-7(9)11-5(4-10-6)2-1-3-12/h4,12H,3H2,(H2,8,10)(H2,9,11). The molecule has 0 amide bonds. The zero-order valence-electron chi connectivity index (χ0n) is 6.28. The number of thiol groups is 1. The Kier molecular flexibility index (Phi) is 2.77. The van der Waals surface area contributed by atoms with E-state index in [-0.39, 0.29) is 11.6 Å². The molecular formula is C7H8N4S. The second-order valence-electron chi connectivity index (χ2n) is 1.99. The van der Waals surface area contributed by atoms with Crippen LogP contribution in [-0.4, -0.2) is 15.7 Å². The van der Waals surface area contributed by atoms with Gasteiger partial charge in [0, 0.05) is 0 Å². The first-order chi connectivity index (χ1) is 5.74. The van der Waals surface area contributed by atoms with E-state index >= 15 is 0 Å². The van der Waals surface area contributed by atoms with E-state index in [9.17, 15) is 0 Å². The van der Waals surface area contributed by atoms with Gasteiger partial charge in [0.15, 0.2) is 11.6 Å². The quantitative estimate of drug-likeness (QED) is 0.385. The fourth-order valence-corrected chi connectivity index (χ4v) is 0.682. The summed E-state index contributed by atoms with van der Waals surface area (Å²) in [6.07, 6.45) is 1.47. The lowest BCUT2D eigenvalue weighted by Gasteiger charge is -1.96. The number of nitrogen functional groups attached to an aromatic ring is 2. The van der Waals surface area contributed by atoms with Gasteiger partial charge in [0.05, 0.1) is 11.9 Å². The molecule has 0 radical (unpaired) electrons. The van der Waals surface area contributed by atoms with Gasteiger partial charge in [-0.25, -0.2) is 9.97 Å². The van der Waals surface area contributed by atoms with Crippen molar-refractivity contribution in [3.05, 3.63) is 11.9 Å². The van der Waals surface area contributed by atoms with Gasteiger partial charge in [-0.15, -0.1) is 0 Å². The van der Waals surface area contributed by atoms with E-state index in [0.29, 0.717) is 11.4 Å². The average molecular weight is 180 g/mol. The molecule has 12 heavy (non-hydrogen) atoms. The number of rotatable bonds is 0. The molecule has 1 aromatic heterocycles. The molecule has 4 N–H and O–H groups in total. The van der Waals surface area contributed by atoms with Crippen molar-refractivity contribution in [2.75, 3.05) is 17.2 Å². The summed E-state index contributed by atoms with van der Waals surface area (Å²) < 4.78 is 0. The molecule has 1 aromatic rings. The SMILES string of the molecule is Nc1ncc(C#CCS)nc1N. The Morgan fingerprint density at radius 3 is 2.75 bits per heavy atom. The summed E-state index contributed by atoms with van der Waals surface area (Å²) in [5.74, 6) is 6.37. The molecule has 0 aliphatic rings. The fourth-order valence-electron chi connectivity index (χ4n) is 0.603. The minimum atomic E-state index is 0.209. The molecule has 0 aromatic carbocycles. The van der Waals surface area contributed by atoms with E-state index < -0.39 is 0 Å². The number of aromatic nitrogens is 2. The predicted octanol–water partition coefficient (Wildman–Crippen LogP) is -0.0777. The minimum absolute atomic E-state index is 0.209. The van der Waals surface area contributed by atoms with Crippen molar-refractivity contribution >= 4 is 24.3 Å². The number of nitrogens with zero attached hydrogens (tertiary/aromatic N) is 2. The van der Waals surface area contributed by atoms with Gasteiger partial charge in [-0.05, 0) is 5.92 Å². The molecule has 0 fully saturated rings. The van der Waals surface area contributed by atoms with E-state index in [2.05, 4.69) is 34.4 Å². The molecule has 5 heteroatoms. The molecule has 0 spiro atoms. The van der Waals surface area contributed by atoms with E-state index in [0.717, 1.165) is 0 Å². The van der Waals surface area contributed by atoms with Crippen LogP contribution in [0, 0.1) is 11.8 Å². The highest BCUT2D eigenvalue weighted by Crippen LogP contribution is 2.05. The van der Waals surface area contributed by atoms with Crippen molar-refractivity contribution in [2.45, 2.75) is 0 Å². The molecule has 0 aliphatic heterocycles. The summed E-state index contributed by atoms with van der Waals surface area (Å²) in [6, 6.07) is 0. The van der Waals surface area contributed by atoms with Gasteiger partial charge >= 0.3 is 0 Å². The van der Waals surface area contributed by atoms with E-state index in [4.69, 9.17) is 11.5 Å². The third-order valence-electron chi connectivity index (χ3n) is 1.12. The largest absolute Gasteiger partial charge is 0.381 e. The lowest BCUT2D eigenvalue weighted by molar-refractivity contribution is 1.19. The van der Waals surface area contributed by atoms with Crippen LogP contribution in [0.4, 0.5) is 11.6 Å². The number of hydrogen-bond donors (Lipinski definition) is 3. The summed E-state index contributed by atoms with van der Waals surface area (Å²) in [7, 11) is 0. The maximum Gasteiger partial charge on any atom is 0.167 e. The first-order valence-corrected chi connectivity index (χ1v) is 3.85. The Morgan fingerprint density at radius 1 is 1.42 bits per heavy atom. The topological polar surface area (TPSA) is 77.8 Å². The highest BCUT2D eigenvalue weighted by atomic mass is 32.1. The Balaban J connectivity index is 2.97. The summed E-state index contributed by atoms with van der Waals surface area (Å²) in [5, 5.41) is 0. The second kappa shape index (κ2) is 3.83. The van der Waals surface area contributed by atoms with E-state index in [1.165, 1.54) is 6.20 Å². The van der Waals surface area contributed by atoms with Gasteiger partial charge in [0.1, 0.15) is 5.69 Å². The molecule has 0 unspecified atom stereocenters. The third-order valence-corrected chi connectivity index (χ3v) is 1.28. The second-order valence-corrected chi connectivity index (χ2v) is 2.30. The van der Waals surface area contributed by atoms with Crippen molar-refractivity contribution in [1.82, 2.24) is 9.97 Å². The summed E-state index contributed by atoms with van der Waals surface area (Å²) in [5.41, 5.74) is 11.3. The van der Waals surface area contributed by atoms with Crippen LogP contribution in [-0.2, 0) is 0 Å². The van der Waals surface area contributed by atoms with Crippen LogP contribution in [0.2, 0.25) is 0 Å². The zero-order valence-corrected chi connectivity index (χ0v) is 7.18. The maximum atomic E-state index is 5.41. The van der Waals surface area contributed by atoms with Crippen LogP contribution in [0.3, 0.4) is 0 Å². The van der Waals surface area contributed by atoms with Crippen molar-refractivity contribution in [1.29, 1.82) is 0 Å². The van der Waals surface area contributed by atoms with Crippen molar-refractivity contribution < 1.29 is 0 Å². The van der Waals surface area contributed by atoms with Crippen LogP contribution >= 0.6 is 12.6 Å². The summed E-state index contributed by atoms with van der Waals surface area (Å²) >= 11 is 3.92. The van der Waals surface area contributed by atoms with Crippen LogP contribution in [0.15, 0.2) is 6.20 Å². The third kappa shape index (κ3) is 2.04. The summed E-state index contributed by atoms with van der Waals surface area (Å²) in [6.45, 7) is 0. The number of nitrogens with two attached hydrogens (primary N) is 2. The summed E-state index contributed by atoms with van der Waals surface area (Å²) in [4.78, 5) is 7.69. The molecule has 1 rings (SSSR count). The maximum absolute atomic E-state index is 5.41. The molecular weight excluding hydrogens is 172 g/mol. The van der Waals surface area contributed by atoms with Crippen molar-refractivity contribution in [3.8, 4) is 11.8 Å². The molecule has 1 heterocycles. The average Bonchev–Trinajstić information content (AvgIpc) is 2.07. The Labute approximate surface area is 75.8 Å². The van der Waals surface area contributed by atoms with Crippen LogP contribution in [0.1, 0.15) is 5.69 Å². The van der Waals surface area contributed by atoms with E-state index in [1.807, 2.05) is 0 Å². The lowest BCUT2D eigenvalue weighted by atomic mass is 10.4. The molecule has 0 saturated carbocycles. The smallest absolute Gasteiger partial charge is 0.167 e. The molecule has 0 saturated heterocycles. The Hall–Kier alpha value is -1.41. The van der Waals surface area contributed by atoms with Crippen LogP contribution in [0.5, 0.6) is 0 Å². The normalized spacial score (nSPS) is 8.75. The zero-order chi connectivity index (χ0) is 8.97. The van der Waals surface area contributed by atoms with Crippen LogP contribution < -0.4 is 11.5 Å². The fraction of sp³-hybridized carbons (Fsp3) is 0.143. The van der Waals surface area contributed by atoms with Crippen LogP contribution in [0.25, 0.3) is 0 Å². The van der Waals surface area contributed by atoms with Gasteiger partial charge in [-0.1, -0.05) is 5.92 Å². The monoisotopic (exact) mass is 180 g/mol. The number of hydrogen-bond acceptors (Lipinski definition) is 5. The highest BCUT2D eigenvalue weighted by Gasteiger charge is 1.96. The molecule has 0 bridgehead atoms. The molecule has 62 valence electrons. The van der Waals surface area contributed by atoms with Gasteiger partial charge in [0.25, 0.3) is 0 Å².